The van der Waals surface area contributed by atoms with Crippen molar-refractivity contribution in [3.05, 3.63) is 66.2 Å². The molecule has 3 amide bonds. The van der Waals surface area contributed by atoms with E-state index in [4.69, 9.17) is 0 Å². The van der Waals surface area contributed by atoms with Crippen LogP contribution in [0.2, 0.25) is 0 Å². The van der Waals surface area contributed by atoms with E-state index in [9.17, 15) is 9.59 Å². The van der Waals surface area contributed by atoms with E-state index < -0.39 is 0 Å². The van der Waals surface area contributed by atoms with E-state index in [0.29, 0.717) is 18.2 Å². The first-order valence-electron chi connectivity index (χ1n) is 10.1. The standard InChI is InChI=1S/C24H28N2O2/c1-24(2,3)18-14-20-21(15-18)25(16-17-10-6-4-7-11-17)23(28)26(22(20)27)19-12-8-5-9-13-19/h4-13,18,20-21H,14-16H2,1-3H3/t18-,20-,21+/m0/s1. The fourth-order valence-corrected chi connectivity index (χ4v) is 4.64. The molecule has 1 heterocycles. The number of benzene rings is 2. The molecule has 4 heteroatoms. The number of nitrogens with zero attached hydrogens (tertiary/aromatic N) is 2. The maximum absolute atomic E-state index is 13.5. The number of imide groups is 1. The molecule has 146 valence electrons. The lowest BCUT2D eigenvalue weighted by Gasteiger charge is -2.42. The summed E-state index contributed by atoms with van der Waals surface area (Å²) in [5.74, 6) is 0.247. The van der Waals surface area contributed by atoms with Crippen molar-refractivity contribution in [2.24, 2.45) is 17.3 Å². The predicted molar refractivity (Wildman–Crippen MR) is 111 cm³/mol. The van der Waals surface area contributed by atoms with Crippen molar-refractivity contribution in [1.29, 1.82) is 0 Å². The van der Waals surface area contributed by atoms with Gasteiger partial charge >= 0.3 is 6.03 Å². The first-order valence-corrected chi connectivity index (χ1v) is 10.1. The number of rotatable bonds is 3. The molecule has 1 aliphatic heterocycles. The monoisotopic (exact) mass is 376 g/mol. The highest BCUT2D eigenvalue weighted by molar-refractivity contribution is 6.17. The van der Waals surface area contributed by atoms with Gasteiger partial charge < -0.3 is 4.90 Å². The summed E-state index contributed by atoms with van der Waals surface area (Å²) in [6, 6.07) is 19.2. The Bertz CT molecular complexity index is 857. The van der Waals surface area contributed by atoms with Crippen LogP contribution in [0.15, 0.2) is 60.7 Å². The minimum Gasteiger partial charge on any atom is -0.316 e. The molecule has 1 aliphatic carbocycles. The molecular weight excluding hydrogens is 348 g/mol. The second kappa shape index (κ2) is 7.08. The second-order valence-corrected chi connectivity index (χ2v) is 9.11. The van der Waals surface area contributed by atoms with Gasteiger partial charge in [0.25, 0.3) is 0 Å². The molecule has 2 aromatic carbocycles. The maximum Gasteiger partial charge on any atom is 0.331 e. The molecule has 2 aromatic rings. The summed E-state index contributed by atoms with van der Waals surface area (Å²) in [7, 11) is 0. The summed E-state index contributed by atoms with van der Waals surface area (Å²) < 4.78 is 0. The highest BCUT2D eigenvalue weighted by atomic mass is 16.2. The fraction of sp³-hybridized carbons (Fsp3) is 0.417. The Hall–Kier alpha value is -2.62. The van der Waals surface area contributed by atoms with Gasteiger partial charge in [-0.1, -0.05) is 69.3 Å². The zero-order valence-corrected chi connectivity index (χ0v) is 16.8. The molecule has 0 bridgehead atoms. The van der Waals surface area contributed by atoms with Crippen molar-refractivity contribution >= 4 is 17.6 Å². The largest absolute Gasteiger partial charge is 0.331 e. The average molecular weight is 377 g/mol. The van der Waals surface area contributed by atoms with Gasteiger partial charge in [-0.2, -0.15) is 0 Å². The van der Waals surface area contributed by atoms with Crippen LogP contribution in [0.5, 0.6) is 0 Å². The summed E-state index contributed by atoms with van der Waals surface area (Å²) in [4.78, 5) is 30.2. The molecule has 2 fully saturated rings. The lowest BCUT2D eigenvalue weighted by molar-refractivity contribution is -0.124. The van der Waals surface area contributed by atoms with Crippen LogP contribution in [0.25, 0.3) is 0 Å². The molecule has 0 aromatic heterocycles. The molecule has 2 aliphatic rings. The van der Waals surface area contributed by atoms with E-state index in [2.05, 4.69) is 20.8 Å². The highest BCUT2D eigenvalue weighted by Gasteiger charge is 2.53. The summed E-state index contributed by atoms with van der Waals surface area (Å²) in [6.45, 7) is 7.24. The summed E-state index contributed by atoms with van der Waals surface area (Å²) in [5, 5.41) is 0. The van der Waals surface area contributed by atoms with Crippen molar-refractivity contribution in [2.75, 3.05) is 4.90 Å². The van der Waals surface area contributed by atoms with Crippen LogP contribution in [0.4, 0.5) is 10.5 Å². The molecule has 4 rings (SSSR count). The van der Waals surface area contributed by atoms with E-state index >= 15 is 0 Å². The van der Waals surface area contributed by atoms with E-state index in [0.717, 1.165) is 18.4 Å². The highest BCUT2D eigenvalue weighted by Crippen LogP contribution is 2.47. The minimum absolute atomic E-state index is 0.0237. The van der Waals surface area contributed by atoms with Crippen LogP contribution in [0.3, 0.4) is 0 Å². The number of anilines is 1. The van der Waals surface area contributed by atoms with Crippen LogP contribution in [0, 0.1) is 17.3 Å². The van der Waals surface area contributed by atoms with Gasteiger partial charge in [0.2, 0.25) is 5.91 Å². The first-order chi connectivity index (χ1) is 13.4. The van der Waals surface area contributed by atoms with E-state index in [-0.39, 0.29) is 29.3 Å². The number of fused-ring (bicyclic) bond motifs is 1. The zero-order chi connectivity index (χ0) is 19.9. The lowest BCUT2D eigenvalue weighted by Crippen LogP contribution is -2.60. The van der Waals surface area contributed by atoms with Crippen molar-refractivity contribution in [3.8, 4) is 0 Å². The Morgan fingerprint density at radius 1 is 0.893 bits per heavy atom. The van der Waals surface area contributed by atoms with E-state index in [1.165, 1.54) is 4.90 Å². The molecule has 3 atom stereocenters. The lowest BCUT2D eigenvalue weighted by atomic mass is 9.79. The van der Waals surface area contributed by atoms with Crippen molar-refractivity contribution in [2.45, 2.75) is 46.2 Å². The number of hydrogen-bond acceptors (Lipinski definition) is 2. The Balaban J connectivity index is 1.72. The van der Waals surface area contributed by atoms with E-state index in [1.54, 1.807) is 0 Å². The van der Waals surface area contributed by atoms with E-state index in [1.807, 2.05) is 65.6 Å². The topological polar surface area (TPSA) is 40.6 Å². The number of urea groups is 1. The van der Waals surface area contributed by atoms with Gasteiger partial charge in [0.15, 0.2) is 0 Å². The minimum atomic E-state index is -0.198. The number of carbonyl (C=O) groups is 2. The molecule has 1 saturated heterocycles. The fourth-order valence-electron chi connectivity index (χ4n) is 4.64. The zero-order valence-electron chi connectivity index (χ0n) is 16.8. The van der Waals surface area contributed by atoms with Crippen molar-refractivity contribution in [3.63, 3.8) is 0 Å². The first kappa shape index (κ1) is 18.7. The third kappa shape index (κ3) is 3.32. The van der Waals surface area contributed by atoms with Gasteiger partial charge in [-0.15, -0.1) is 0 Å². The molecule has 0 N–H and O–H groups in total. The smallest absolute Gasteiger partial charge is 0.316 e. The van der Waals surface area contributed by atoms with Gasteiger partial charge in [-0.3, -0.25) is 4.79 Å². The molecule has 4 nitrogen and oxygen atoms in total. The number of hydrogen-bond donors (Lipinski definition) is 0. The third-order valence-corrected chi connectivity index (χ3v) is 6.34. The summed E-state index contributed by atoms with van der Waals surface area (Å²) in [6.07, 6.45) is 1.73. The van der Waals surface area contributed by atoms with Crippen LogP contribution < -0.4 is 4.90 Å². The Labute approximate surface area is 167 Å². The third-order valence-electron chi connectivity index (χ3n) is 6.34. The van der Waals surface area contributed by atoms with Crippen LogP contribution in [-0.4, -0.2) is 22.9 Å². The maximum atomic E-state index is 13.5. The van der Waals surface area contributed by atoms with Crippen molar-refractivity contribution in [1.82, 2.24) is 4.90 Å². The van der Waals surface area contributed by atoms with Gasteiger partial charge in [0, 0.05) is 12.6 Å². The molecule has 0 spiro atoms. The van der Waals surface area contributed by atoms with Gasteiger partial charge in [-0.25, -0.2) is 9.69 Å². The second-order valence-electron chi connectivity index (χ2n) is 9.11. The summed E-state index contributed by atoms with van der Waals surface area (Å²) in [5.41, 5.74) is 1.88. The molecular formula is C24H28N2O2. The predicted octanol–water partition coefficient (Wildman–Crippen LogP) is 5.10. The Kier molecular flexibility index (Phi) is 4.74. The van der Waals surface area contributed by atoms with Crippen LogP contribution >= 0.6 is 0 Å². The van der Waals surface area contributed by atoms with Gasteiger partial charge in [0.1, 0.15) is 0 Å². The van der Waals surface area contributed by atoms with Gasteiger partial charge in [0.05, 0.1) is 11.6 Å². The molecule has 0 radical (unpaired) electrons. The SMILES string of the molecule is CC(C)(C)[C@H]1C[C@@H]2C(=O)N(c3ccccc3)C(=O)N(Cc3ccccc3)[C@@H]2C1. The van der Waals surface area contributed by atoms with Crippen LogP contribution in [0.1, 0.15) is 39.2 Å². The summed E-state index contributed by atoms with van der Waals surface area (Å²) >= 11 is 0. The Morgan fingerprint density at radius 2 is 1.50 bits per heavy atom. The van der Waals surface area contributed by atoms with Gasteiger partial charge in [-0.05, 0) is 41.9 Å². The number of amides is 3. The quantitative estimate of drug-likeness (QED) is 0.748. The van der Waals surface area contributed by atoms with Crippen LogP contribution in [-0.2, 0) is 11.3 Å². The number of carbonyl (C=O) groups excluding carboxylic acids is 2. The average Bonchev–Trinajstić information content (AvgIpc) is 3.13. The molecule has 0 unspecified atom stereocenters. The Morgan fingerprint density at radius 3 is 2.11 bits per heavy atom. The number of para-hydroxylation sites is 1. The van der Waals surface area contributed by atoms with Crippen molar-refractivity contribution < 1.29 is 9.59 Å². The molecule has 28 heavy (non-hydrogen) atoms. The molecule has 1 saturated carbocycles. The normalized spacial score (nSPS) is 25.2.